The van der Waals surface area contributed by atoms with Crippen LogP contribution in [0.5, 0.6) is 0 Å². The topological polar surface area (TPSA) is 87.6 Å². The summed E-state index contributed by atoms with van der Waals surface area (Å²) in [5, 5.41) is 2.87. The maximum absolute atomic E-state index is 12.1. The van der Waals surface area contributed by atoms with Crippen LogP contribution >= 0.6 is 0 Å². The van der Waals surface area contributed by atoms with Gasteiger partial charge in [-0.3, -0.25) is 14.7 Å². The first-order valence-electron chi connectivity index (χ1n) is 6.93. The van der Waals surface area contributed by atoms with E-state index in [1.54, 1.807) is 18.2 Å². The van der Waals surface area contributed by atoms with E-state index in [2.05, 4.69) is 15.2 Å². The fraction of sp³-hybridized carbons (Fsp3) is 0.429. The van der Waals surface area contributed by atoms with E-state index >= 15 is 0 Å². The van der Waals surface area contributed by atoms with Gasteiger partial charge in [-0.05, 0) is 18.2 Å². The summed E-state index contributed by atoms with van der Waals surface area (Å²) in [4.78, 5) is 27.9. The number of benzene rings is 1. The zero-order chi connectivity index (χ0) is 14.7. The van der Waals surface area contributed by atoms with Crippen molar-refractivity contribution in [3.63, 3.8) is 0 Å². The van der Waals surface area contributed by atoms with Crippen molar-refractivity contribution >= 4 is 17.0 Å². The van der Waals surface area contributed by atoms with Crippen molar-refractivity contribution in [1.82, 2.24) is 15.2 Å². The number of oxazole rings is 1. The Labute approximate surface area is 120 Å². The van der Waals surface area contributed by atoms with E-state index in [0.717, 1.165) is 32.8 Å². The number of amides is 1. The van der Waals surface area contributed by atoms with Gasteiger partial charge in [0.1, 0.15) is 0 Å². The molecule has 0 saturated carbocycles. The van der Waals surface area contributed by atoms with E-state index in [9.17, 15) is 9.59 Å². The summed E-state index contributed by atoms with van der Waals surface area (Å²) in [7, 11) is 0. The van der Waals surface area contributed by atoms with Crippen LogP contribution < -0.4 is 11.1 Å². The quantitative estimate of drug-likeness (QED) is 0.839. The van der Waals surface area contributed by atoms with Gasteiger partial charge >= 0.3 is 5.76 Å². The van der Waals surface area contributed by atoms with E-state index in [4.69, 9.17) is 9.15 Å². The fourth-order valence-corrected chi connectivity index (χ4v) is 2.34. The van der Waals surface area contributed by atoms with E-state index < -0.39 is 5.76 Å². The zero-order valence-corrected chi connectivity index (χ0v) is 11.6. The van der Waals surface area contributed by atoms with Crippen LogP contribution in [0.3, 0.4) is 0 Å². The number of fused-ring (bicyclic) bond motifs is 1. The highest BCUT2D eigenvalue weighted by Crippen LogP contribution is 2.12. The molecule has 1 aliphatic heterocycles. The molecule has 1 aliphatic rings. The molecule has 7 nitrogen and oxygen atoms in total. The number of nitrogens with zero attached hydrogens (tertiary/aromatic N) is 1. The molecule has 0 unspecified atom stereocenters. The van der Waals surface area contributed by atoms with Crippen molar-refractivity contribution in [2.24, 2.45) is 0 Å². The molecule has 1 fully saturated rings. The van der Waals surface area contributed by atoms with Crippen LogP contribution in [0.2, 0.25) is 0 Å². The molecule has 2 N–H and O–H groups in total. The number of H-pyrrole nitrogens is 1. The average molecular weight is 291 g/mol. The van der Waals surface area contributed by atoms with Gasteiger partial charge in [-0.25, -0.2) is 4.79 Å². The number of rotatable bonds is 4. The normalized spacial score (nSPS) is 16.2. The van der Waals surface area contributed by atoms with Gasteiger partial charge in [0, 0.05) is 31.7 Å². The maximum atomic E-state index is 12.1. The second-order valence-electron chi connectivity index (χ2n) is 4.94. The Bertz CT molecular complexity index is 685. The van der Waals surface area contributed by atoms with Crippen LogP contribution in [0.4, 0.5) is 0 Å². The summed E-state index contributed by atoms with van der Waals surface area (Å²) < 4.78 is 10.2. The van der Waals surface area contributed by atoms with E-state index in [1.807, 2.05) is 0 Å². The van der Waals surface area contributed by atoms with Crippen LogP contribution in [0, 0.1) is 0 Å². The largest absolute Gasteiger partial charge is 0.417 e. The van der Waals surface area contributed by atoms with Crippen molar-refractivity contribution < 1.29 is 13.9 Å². The molecule has 2 heterocycles. The van der Waals surface area contributed by atoms with Gasteiger partial charge in [-0.1, -0.05) is 0 Å². The van der Waals surface area contributed by atoms with Gasteiger partial charge in [-0.15, -0.1) is 0 Å². The number of ether oxygens (including phenoxy) is 1. The summed E-state index contributed by atoms with van der Waals surface area (Å²) >= 11 is 0. The van der Waals surface area contributed by atoms with Crippen LogP contribution in [-0.2, 0) is 4.74 Å². The molecule has 3 rings (SSSR count). The van der Waals surface area contributed by atoms with Crippen LogP contribution in [0.25, 0.3) is 11.1 Å². The molecular weight excluding hydrogens is 274 g/mol. The summed E-state index contributed by atoms with van der Waals surface area (Å²) in [6.07, 6.45) is 0. The van der Waals surface area contributed by atoms with Crippen molar-refractivity contribution in [1.29, 1.82) is 0 Å². The van der Waals surface area contributed by atoms with Crippen LogP contribution in [0.1, 0.15) is 10.4 Å². The molecule has 1 aromatic heterocycles. The minimum Gasteiger partial charge on any atom is -0.408 e. The molecule has 0 aliphatic carbocycles. The Morgan fingerprint density at radius 1 is 1.33 bits per heavy atom. The van der Waals surface area contributed by atoms with E-state index in [1.165, 1.54) is 0 Å². The number of hydrogen-bond donors (Lipinski definition) is 2. The first-order valence-corrected chi connectivity index (χ1v) is 6.93. The lowest BCUT2D eigenvalue weighted by Crippen LogP contribution is -2.41. The molecule has 0 atom stereocenters. The smallest absolute Gasteiger partial charge is 0.408 e. The molecular formula is C14H17N3O4. The standard InChI is InChI=1S/C14H17N3O4/c18-13(15-3-4-17-5-7-20-8-6-17)10-1-2-11-12(9-10)21-14(19)16-11/h1-2,9H,3-8H2,(H,15,18)(H,16,19). The van der Waals surface area contributed by atoms with E-state index in [-0.39, 0.29) is 5.91 Å². The summed E-state index contributed by atoms with van der Waals surface area (Å²) in [6, 6.07) is 4.90. The summed E-state index contributed by atoms with van der Waals surface area (Å²) in [5.74, 6) is -0.691. The van der Waals surface area contributed by atoms with Crippen molar-refractivity contribution in [2.45, 2.75) is 0 Å². The van der Waals surface area contributed by atoms with Gasteiger partial charge < -0.3 is 14.5 Å². The molecule has 1 amide bonds. The minimum absolute atomic E-state index is 0.172. The first kappa shape index (κ1) is 13.8. The second kappa shape index (κ2) is 6.11. The highest BCUT2D eigenvalue weighted by molar-refractivity contribution is 5.96. The van der Waals surface area contributed by atoms with Gasteiger partial charge in [0.25, 0.3) is 5.91 Å². The lowest BCUT2D eigenvalue weighted by Gasteiger charge is -2.26. The molecule has 112 valence electrons. The third kappa shape index (κ3) is 3.32. The number of nitrogens with one attached hydrogen (secondary N) is 2. The second-order valence-corrected chi connectivity index (χ2v) is 4.94. The van der Waals surface area contributed by atoms with Gasteiger partial charge in [0.15, 0.2) is 5.58 Å². The molecule has 21 heavy (non-hydrogen) atoms. The van der Waals surface area contributed by atoms with E-state index in [0.29, 0.717) is 23.2 Å². The first-order chi connectivity index (χ1) is 10.2. The van der Waals surface area contributed by atoms with Crippen molar-refractivity contribution in [3.8, 4) is 0 Å². The predicted molar refractivity (Wildman–Crippen MR) is 76.4 cm³/mol. The number of aromatic nitrogens is 1. The number of hydrogen-bond acceptors (Lipinski definition) is 5. The van der Waals surface area contributed by atoms with Crippen molar-refractivity contribution in [2.75, 3.05) is 39.4 Å². The zero-order valence-electron chi connectivity index (χ0n) is 11.6. The third-order valence-corrected chi connectivity index (χ3v) is 3.50. The molecule has 7 heteroatoms. The Hall–Kier alpha value is -2.12. The number of carbonyl (C=O) groups excluding carboxylic acids is 1. The number of aromatic amines is 1. The minimum atomic E-state index is -0.519. The Morgan fingerprint density at radius 2 is 2.14 bits per heavy atom. The Morgan fingerprint density at radius 3 is 2.95 bits per heavy atom. The molecule has 0 bridgehead atoms. The maximum Gasteiger partial charge on any atom is 0.417 e. The molecule has 0 spiro atoms. The highest BCUT2D eigenvalue weighted by atomic mass is 16.5. The monoisotopic (exact) mass is 291 g/mol. The third-order valence-electron chi connectivity index (χ3n) is 3.50. The lowest BCUT2D eigenvalue weighted by molar-refractivity contribution is 0.0383. The SMILES string of the molecule is O=C(NCCN1CCOCC1)c1ccc2[nH]c(=O)oc2c1. The molecule has 1 saturated heterocycles. The van der Waals surface area contributed by atoms with Gasteiger partial charge in [0.2, 0.25) is 0 Å². The molecule has 0 radical (unpaired) electrons. The summed E-state index contributed by atoms with van der Waals surface area (Å²) in [5.41, 5.74) is 1.46. The van der Waals surface area contributed by atoms with Crippen LogP contribution in [-0.4, -0.2) is 55.2 Å². The predicted octanol–water partition coefficient (Wildman–Crippen LogP) is 0.183. The number of morpholine rings is 1. The van der Waals surface area contributed by atoms with Gasteiger partial charge in [-0.2, -0.15) is 0 Å². The highest BCUT2D eigenvalue weighted by Gasteiger charge is 2.12. The fourth-order valence-electron chi connectivity index (χ4n) is 2.34. The van der Waals surface area contributed by atoms with Gasteiger partial charge in [0.05, 0.1) is 18.7 Å². The van der Waals surface area contributed by atoms with Crippen molar-refractivity contribution in [3.05, 3.63) is 34.3 Å². The average Bonchev–Trinajstić information content (AvgIpc) is 2.87. The lowest BCUT2D eigenvalue weighted by atomic mass is 10.2. The number of carbonyl (C=O) groups is 1. The Kier molecular flexibility index (Phi) is 4.03. The Balaban J connectivity index is 1.57. The molecule has 2 aromatic rings. The molecule has 1 aromatic carbocycles. The summed E-state index contributed by atoms with van der Waals surface area (Å²) in [6.45, 7) is 4.67. The van der Waals surface area contributed by atoms with Crippen LogP contribution in [0.15, 0.2) is 27.4 Å².